The van der Waals surface area contributed by atoms with Crippen LogP contribution in [0, 0.1) is 17.3 Å². The third-order valence-corrected chi connectivity index (χ3v) is 10.8. The molecule has 0 aromatic carbocycles. The highest BCUT2D eigenvalue weighted by Gasteiger charge is 2.74. The third kappa shape index (κ3) is 6.33. The van der Waals surface area contributed by atoms with E-state index in [1.165, 1.54) is 0 Å². The molecule has 3 fully saturated rings. The molecule has 2 unspecified atom stereocenters. The van der Waals surface area contributed by atoms with E-state index in [9.17, 15) is 19.5 Å². The van der Waals surface area contributed by atoms with E-state index < -0.39 is 28.2 Å². The van der Waals surface area contributed by atoms with E-state index in [-0.39, 0.29) is 35.0 Å². The first-order valence-corrected chi connectivity index (χ1v) is 16.1. The lowest BCUT2D eigenvalue weighted by Crippen LogP contribution is -2.60. The lowest BCUT2D eigenvalue weighted by Gasteiger charge is -2.46. The van der Waals surface area contributed by atoms with E-state index in [1.54, 1.807) is 23.9 Å². The van der Waals surface area contributed by atoms with Crippen LogP contribution in [0.4, 0.5) is 0 Å². The molecule has 7 nitrogen and oxygen atoms in total. The van der Waals surface area contributed by atoms with Crippen LogP contribution in [-0.4, -0.2) is 91.9 Å². The van der Waals surface area contributed by atoms with E-state index >= 15 is 0 Å². The Hall–Kier alpha value is -1.80. The minimum Gasteiger partial charge on any atom is -0.396 e. The third-order valence-electron chi connectivity index (χ3n) is 8.80. The number of hydrogen-bond donors (Lipinski definition) is 1. The summed E-state index contributed by atoms with van der Waals surface area (Å²) in [6, 6.07) is -0.606. The lowest BCUT2D eigenvalue weighted by atomic mass is 9.70. The predicted octanol–water partition coefficient (Wildman–Crippen LogP) is 4.89. The highest BCUT2D eigenvalue weighted by Crippen LogP contribution is 2.67. The van der Waals surface area contributed by atoms with Crippen molar-refractivity contribution in [3.8, 4) is 0 Å². The number of carbonyl (C=O) groups is 3. The number of likely N-dealkylation sites (tertiary alicyclic amines) is 1. The summed E-state index contributed by atoms with van der Waals surface area (Å²) >= 11 is 1.74. The van der Waals surface area contributed by atoms with Gasteiger partial charge in [0.05, 0.1) is 16.6 Å². The number of hydrogen-bond acceptors (Lipinski definition) is 5. The Morgan fingerprint density at radius 3 is 2.35 bits per heavy atom. The monoisotopic (exact) mass is 575 g/mol. The Kier molecular flexibility index (Phi) is 10.6. The van der Waals surface area contributed by atoms with Crippen LogP contribution in [0.1, 0.15) is 86.5 Å². The van der Waals surface area contributed by atoms with Crippen LogP contribution in [0.5, 0.6) is 0 Å². The van der Waals surface area contributed by atoms with Gasteiger partial charge in [-0.05, 0) is 64.2 Å². The summed E-state index contributed by atoms with van der Waals surface area (Å²) in [5.74, 6) is -0.937. The van der Waals surface area contributed by atoms with Gasteiger partial charge in [-0.1, -0.05) is 39.8 Å². The first kappa shape index (κ1) is 32.7. The average Bonchev–Trinajstić information content (AvgIpc) is 3.50. The maximum Gasteiger partial charge on any atom is 0.247 e. The molecule has 0 aromatic heterocycles. The van der Waals surface area contributed by atoms with Crippen LogP contribution >= 0.6 is 11.8 Å². The first-order chi connectivity index (χ1) is 18.8. The quantitative estimate of drug-likeness (QED) is 0.222. The van der Waals surface area contributed by atoms with Crippen molar-refractivity contribution in [1.82, 2.24) is 14.7 Å². The second-order valence-corrected chi connectivity index (χ2v) is 15.3. The van der Waals surface area contributed by atoms with Crippen LogP contribution in [0.2, 0.25) is 0 Å². The normalized spacial score (nSPS) is 27.6. The number of amides is 3. The number of aliphatic hydroxyl groups excluding tert-OH is 1. The lowest BCUT2D eigenvalue weighted by molar-refractivity contribution is -0.147. The topological polar surface area (TPSA) is 81.2 Å². The van der Waals surface area contributed by atoms with Crippen molar-refractivity contribution in [3.05, 3.63) is 25.3 Å². The van der Waals surface area contributed by atoms with Gasteiger partial charge in [-0.15, -0.1) is 24.9 Å². The second-order valence-electron chi connectivity index (χ2n) is 13.7. The van der Waals surface area contributed by atoms with Crippen molar-refractivity contribution >= 4 is 29.5 Å². The molecule has 3 saturated heterocycles. The summed E-state index contributed by atoms with van der Waals surface area (Å²) in [5.41, 5.74) is -0.437. The minimum atomic E-state index is -0.606. The van der Waals surface area contributed by atoms with Gasteiger partial charge in [0.25, 0.3) is 0 Å². The molecule has 0 aromatic rings. The zero-order valence-corrected chi connectivity index (χ0v) is 26.6. The zero-order valence-electron chi connectivity index (χ0n) is 25.8. The molecule has 3 rings (SSSR count). The number of unbranched alkanes of at least 4 members (excludes halogenated alkanes) is 2. The number of thioether (sulfide) groups is 1. The largest absolute Gasteiger partial charge is 0.396 e. The standard InChI is InChI=1S/C32H53N3O4S/c1-9-17-33(18-10-2)27(37)24-23-15-16-32(40-23)25(24)28(38)34(20-13-12-14-21-36)26(32)29(39)35(19-11-3)31(7,8)22-30(4,5)6/h9,11,23-26,36H,1,3,10,12-22H2,2,4-8H3/t23-,24+,25-,26?,32?/m0/s1. The van der Waals surface area contributed by atoms with Crippen LogP contribution in [0.15, 0.2) is 25.3 Å². The molecule has 8 heteroatoms. The zero-order chi connectivity index (χ0) is 29.9. The fourth-order valence-electron chi connectivity index (χ4n) is 7.76. The van der Waals surface area contributed by atoms with Crippen LogP contribution in [0.3, 0.4) is 0 Å². The van der Waals surface area contributed by atoms with Gasteiger partial charge in [-0.25, -0.2) is 0 Å². The highest BCUT2D eigenvalue weighted by molar-refractivity contribution is 8.02. The summed E-state index contributed by atoms with van der Waals surface area (Å²) < 4.78 is -0.598. The molecule has 0 radical (unpaired) electrons. The van der Waals surface area contributed by atoms with Crippen molar-refractivity contribution in [1.29, 1.82) is 0 Å². The molecule has 1 spiro atoms. The number of nitrogens with zero attached hydrogens (tertiary/aromatic N) is 3. The van der Waals surface area contributed by atoms with Crippen LogP contribution in [-0.2, 0) is 14.4 Å². The molecule has 1 N–H and O–H groups in total. The van der Waals surface area contributed by atoms with Crippen LogP contribution in [0.25, 0.3) is 0 Å². The molecule has 5 atom stereocenters. The molecule has 2 bridgehead atoms. The van der Waals surface area contributed by atoms with Crippen LogP contribution < -0.4 is 0 Å². The number of fused-ring (bicyclic) bond motifs is 1. The van der Waals surface area contributed by atoms with E-state index in [4.69, 9.17) is 0 Å². The molecular weight excluding hydrogens is 522 g/mol. The summed E-state index contributed by atoms with van der Waals surface area (Å²) in [5, 5.41) is 9.36. The smallest absolute Gasteiger partial charge is 0.247 e. The van der Waals surface area contributed by atoms with E-state index in [0.29, 0.717) is 32.6 Å². The van der Waals surface area contributed by atoms with E-state index in [2.05, 4.69) is 54.7 Å². The first-order valence-electron chi connectivity index (χ1n) is 15.2. The van der Waals surface area contributed by atoms with Gasteiger partial charge in [0.2, 0.25) is 17.7 Å². The Morgan fingerprint density at radius 2 is 1.77 bits per heavy atom. The summed E-state index contributed by atoms with van der Waals surface area (Å²) in [4.78, 5) is 48.7. The Bertz CT molecular complexity index is 960. The van der Waals surface area contributed by atoms with Gasteiger partial charge in [0.1, 0.15) is 6.04 Å². The Labute approximate surface area is 246 Å². The highest BCUT2D eigenvalue weighted by atomic mass is 32.2. The molecule has 0 aliphatic carbocycles. The summed E-state index contributed by atoms with van der Waals surface area (Å²) in [6.45, 7) is 22.7. The van der Waals surface area contributed by atoms with Crippen molar-refractivity contribution in [3.63, 3.8) is 0 Å². The number of rotatable bonds is 15. The van der Waals surface area contributed by atoms with E-state index in [0.717, 1.165) is 38.5 Å². The van der Waals surface area contributed by atoms with E-state index in [1.807, 2.05) is 14.7 Å². The fraction of sp³-hybridized carbons (Fsp3) is 0.781. The number of carbonyl (C=O) groups excluding carboxylic acids is 3. The van der Waals surface area contributed by atoms with Crippen molar-refractivity contribution < 1.29 is 19.5 Å². The van der Waals surface area contributed by atoms with Gasteiger partial charge in [0, 0.05) is 43.6 Å². The summed E-state index contributed by atoms with van der Waals surface area (Å²) in [7, 11) is 0. The number of aliphatic hydroxyl groups is 1. The maximum atomic E-state index is 14.8. The second kappa shape index (κ2) is 13.0. The van der Waals surface area contributed by atoms with Gasteiger partial charge < -0.3 is 19.8 Å². The van der Waals surface area contributed by atoms with Gasteiger partial charge in [-0.3, -0.25) is 14.4 Å². The minimum absolute atomic E-state index is 0.00542. The Morgan fingerprint density at radius 1 is 1.10 bits per heavy atom. The van der Waals surface area contributed by atoms with Crippen molar-refractivity contribution in [2.45, 2.75) is 108 Å². The SMILES string of the molecule is C=CCN(CCC)C(=O)[C@@H]1[C@@H]2CCC3(S2)C(C(=O)N(CC=C)C(C)(C)CC(C)(C)C)N(CCCCCO)C(=O)[C@H]13. The molecule has 3 aliphatic rings. The van der Waals surface area contributed by atoms with Gasteiger partial charge in [0.15, 0.2) is 0 Å². The molecular formula is C32H53N3O4S. The molecule has 3 heterocycles. The Balaban J connectivity index is 2.05. The summed E-state index contributed by atoms with van der Waals surface area (Å²) in [6.07, 6.45) is 8.96. The molecule has 3 aliphatic heterocycles. The molecule has 0 saturated carbocycles. The fourth-order valence-corrected chi connectivity index (χ4v) is 9.96. The van der Waals surface area contributed by atoms with Gasteiger partial charge in [-0.2, -0.15) is 0 Å². The van der Waals surface area contributed by atoms with Crippen molar-refractivity contribution in [2.24, 2.45) is 17.3 Å². The molecule has 226 valence electrons. The maximum absolute atomic E-state index is 14.8. The van der Waals surface area contributed by atoms with Crippen molar-refractivity contribution in [2.75, 3.05) is 32.8 Å². The predicted molar refractivity (Wildman–Crippen MR) is 164 cm³/mol. The average molecular weight is 576 g/mol. The molecule has 3 amide bonds. The van der Waals surface area contributed by atoms with Gasteiger partial charge >= 0.3 is 0 Å². The molecule has 40 heavy (non-hydrogen) atoms.